The summed E-state index contributed by atoms with van der Waals surface area (Å²) in [4.78, 5) is 4.72. The van der Waals surface area contributed by atoms with Crippen molar-refractivity contribution in [1.29, 1.82) is 0 Å². The first kappa shape index (κ1) is 17.5. The SMILES string of the molecule is CCNC(=NCC(CC)(CC)c1ccccc1)NCCO. The third-order valence-electron chi connectivity index (χ3n) is 4.03. The number of nitrogens with zero attached hydrogens (tertiary/aromatic N) is 1. The Bertz CT molecular complexity index is 413. The van der Waals surface area contributed by atoms with Gasteiger partial charge in [-0.2, -0.15) is 0 Å². The van der Waals surface area contributed by atoms with Gasteiger partial charge in [0, 0.05) is 18.5 Å². The molecule has 0 radical (unpaired) electrons. The van der Waals surface area contributed by atoms with E-state index in [9.17, 15) is 0 Å². The average Bonchev–Trinajstić information content (AvgIpc) is 2.54. The summed E-state index contributed by atoms with van der Waals surface area (Å²) >= 11 is 0. The zero-order valence-corrected chi connectivity index (χ0v) is 13.5. The van der Waals surface area contributed by atoms with E-state index >= 15 is 0 Å². The van der Waals surface area contributed by atoms with Gasteiger partial charge in [-0.15, -0.1) is 0 Å². The third-order valence-corrected chi connectivity index (χ3v) is 4.03. The van der Waals surface area contributed by atoms with Crippen LogP contribution in [0.4, 0.5) is 0 Å². The van der Waals surface area contributed by atoms with E-state index in [1.807, 2.05) is 6.92 Å². The fourth-order valence-corrected chi connectivity index (χ4v) is 2.51. The lowest BCUT2D eigenvalue weighted by molar-refractivity contribution is 0.300. The molecule has 0 unspecified atom stereocenters. The van der Waals surface area contributed by atoms with E-state index < -0.39 is 0 Å². The van der Waals surface area contributed by atoms with Crippen molar-refractivity contribution >= 4 is 5.96 Å². The Balaban J connectivity index is 2.90. The molecule has 4 nitrogen and oxygen atoms in total. The summed E-state index contributed by atoms with van der Waals surface area (Å²) < 4.78 is 0. The monoisotopic (exact) mass is 291 g/mol. The minimum atomic E-state index is 0.0722. The van der Waals surface area contributed by atoms with E-state index in [1.165, 1.54) is 5.56 Å². The number of hydrogen-bond donors (Lipinski definition) is 3. The Morgan fingerprint density at radius 1 is 1.10 bits per heavy atom. The number of nitrogens with one attached hydrogen (secondary N) is 2. The summed E-state index contributed by atoms with van der Waals surface area (Å²) in [6, 6.07) is 10.6. The van der Waals surface area contributed by atoms with Crippen molar-refractivity contribution in [2.24, 2.45) is 4.99 Å². The number of rotatable bonds is 8. The number of hydrogen-bond acceptors (Lipinski definition) is 2. The number of aliphatic imine (C=N–C) groups is 1. The number of benzene rings is 1. The molecule has 21 heavy (non-hydrogen) atoms. The molecule has 1 rings (SSSR count). The summed E-state index contributed by atoms with van der Waals surface area (Å²) in [5.41, 5.74) is 1.42. The van der Waals surface area contributed by atoms with E-state index in [2.05, 4.69) is 54.8 Å². The zero-order chi connectivity index (χ0) is 15.6. The van der Waals surface area contributed by atoms with Crippen LogP contribution in [0.3, 0.4) is 0 Å². The smallest absolute Gasteiger partial charge is 0.191 e. The molecule has 0 heterocycles. The minimum Gasteiger partial charge on any atom is -0.395 e. The Kier molecular flexibility index (Phi) is 7.83. The van der Waals surface area contributed by atoms with Gasteiger partial charge in [0.15, 0.2) is 5.96 Å². The molecule has 0 spiro atoms. The largest absolute Gasteiger partial charge is 0.395 e. The second-order valence-corrected chi connectivity index (χ2v) is 5.20. The summed E-state index contributed by atoms with van der Waals surface area (Å²) in [5, 5.41) is 15.3. The van der Waals surface area contributed by atoms with Gasteiger partial charge in [0.2, 0.25) is 0 Å². The van der Waals surface area contributed by atoms with Gasteiger partial charge in [-0.25, -0.2) is 0 Å². The fourth-order valence-electron chi connectivity index (χ4n) is 2.51. The zero-order valence-electron chi connectivity index (χ0n) is 13.5. The molecule has 0 saturated carbocycles. The van der Waals surface area contributed by atoms with Crippen molar-refractivity contribution < 1.29 is 5.11 Å². The molecular formula is C17H29N3O. The normalized spacial score (nSPS) is 12.3. The maximum absolute atomic E-state index is 8.94. The predicted octanol–water partition coefficient (Wildman–Crippen LogP) is 2.29. The van der Waals surface area contributed by atoms with Crippen LogP contribution >= 0.6 is 0 Å². The molecule has 1 aromatic rings. The van der Waals surface area contributed by atoms with Crippen molar-refractivity contribution in [2.75, 3.05) is 26.2 Å². The number of aliphatic hydroxyl groups is 1. The molecule has 0 atom stereocenters. The lowest BCUT2D eigenvalue weighted by Gasteiger charge is -2.31. The highest BCUT2D eigenvalue weighted by atomic mass is 16.3. The number of aliphatic hydroxyl groups excluding tert-OH is 1. The molecule has 0 saturated heterocycles. The molecule has 1 aromatic carbocycles. The Morgan fingerprint density at radius 3 is 2.29 bits per heavy atom. The third kappa shape index (κ3) is 5.05. The molecule has 3 N–H and O–H groups in total. The van der Waals surface area contributed by atoms with Crippen LogP contribution in [-0.2, 0) is 5.41 Å². The van der Waals surface area contributed by atoms with Crippen LogP contribution in [0.5, 0.6) is 0 Å². The summed E-state index contributed by atoms with van der Waals surface area (Å²) in [5.74, 6) is 0.772. The molecule has 4 heteroatoms. The van der Waals surface area contributed by atoms with Crippen LogP contribution in [0.25, 0.3) is 0 Å². The molecule has 0 fully saturated rings. The van der Waals surface area contributed by atoms with Crippen LogP contribution < -0.4 is 10.6 Å². The van der Waals surface area contributed by atoms with Gasteiger partial charge >= 0.3 is 0 Å². The van der Waals surface area contributed by atoms with Gasteiger partial charge in [0.05, 0.1) is 13.2 Å². The molecule has 0 amide bonds. The van der Waals surface area contributed by atoms with Gasteiger partial charge < -0.3 is 15.7 Å². The van der Waals surface area contributed by atoms with Crippen LogP contribution in [0, 0.1) is 0 Å². The summed E-state index contributed by atoms with van der Waals surface area (Å²) in [6.45, 7) is 8.66. The van der Waals surface area contributed by atoms with Crippen LogP contribution in [-0.4, -0.2) is 37.3 Å². The van der Waals surface area contributed by atoms with Crippen LogP contribution in [0.2, 0.25) is 0 Å². The molecule has 118 valence electrons. The Labute approximate surface area is 128 Å². The second kappa shape index (κ2) is 9.40. The quantitative estimate of drug-likeness (QED) is 0.509. The number of guanidine groups is 1. The molecular weight excluding hydrogens is 262 g/mol. The maximum Gasteiger partial charge on any atom is 0.191 e. The van der Waals surface area contributed by atoms with Crippen molar-refractivity contribution in [1.82, 2.24) is 10.6 Å². The van der Waals surface area contributed by atoms with E-state index in [-0.39, 0.29) is 12.0 Å². The molecule has 0 bridgehead atoms. The van der Waals surface area contributed by atoms with Gasteiger partial charge in [-0.3, -0.25) is 4.99 Å². The lowest BCUT2D eigenvalue weighted by atomic mass is 9.76. The first-order chi connectivity index (χ1) is 10.2. The lowest BCUT2D eigenvalue weighted by Crippen LogP contribution is -2.40. The summed E-state index contributed by atoms with van der Waals surface area (Å²) in [7, 11) is 0. The Morgan fingerprint density at radius 2 is 1.76 bits per heavy atom. The van der Waals surface area contributed by atoms with Gasteiger partial charge in [0.25, 0.3) is 0 Å². The van der Waals surface area contributed by atoms with Gasteiger partial charge in [-0.1, -0.05) is 44.2 Å². The first-order valence-electron chi connectivity index (χ1n) is 7.91. The Hall–Kier alpha value is -1.55. The second-order valence-electron chi connectivity index (χ2n) is 5.20. The topological polar surface area (TPSA) is 56.7 Å². The van der Waals surface area contributed by atoms with E-state index in [0.29, 0.717) is 6.54 Å². The molecule has 0 aliphatic carbocycles. The average molecular weight is 291 g/mol. The maximum atomic E-state index is 8.94. The highest BCUT2D eigenvalue weighted by Crippen LogP contribution is 2.31. The van der Waals surface area contributed by atoms with E-state index in [1.54, 1.807) is 0 Å². The van der Waals surface area contributed by atoms with Crippen LogP contribution in [0.1, 0.15) is 39.2 Å². The standard InChI is InChI=1S/C17H29N3O/c1-4-17(5-2,15-10-8-7-9-11-15)14-20-16(18-6-3)19-12-13-21/h7-11,21H,4-6,12-14H2,1-3H3,(H2,18,19,20). The first-order valence-corrected chi connectivity index (χ1v) is 7.91. The summed E-state index contributed by atoms with van der Waals surface area (Å²) in [6.07, 6.45) is 2.10. The van der Waals surface area contributed by atoms with E-state index in [4.69, 9.17) is 10.1 Å². The molecule has 0 aromatic heterocycles. The van der Waals surface area contributed by atoms with Crippen molar-refractivity contribution in [3.8, 4) is 0 Å². The minimum absolute atomic E-state index is 0.0722. The molecule has 0 aliphatic rings. The molecule has 0 aliphatic heterocycles. The van der Waals surface area contributed by atoms with Crippen LogP contribution in [0.15, 0.2) is 35.3 Å². The predicted molar refractivity (Wildman–Crippen MR) is 89.8 cm³/mol. The highest BCUT2D eigenvalue weighted by molar-refractivity contribution is 5.79. The van der Waals surface area contributed by atoms with Gasteiger partial charge in [0.1, 0.15) is 0 Å². The van der Waals surface area contributed by atoms with Crippen molar-refractivity contribution in [3.63, 3.8) is 0 Å². The highest BCUT2D eigenvalue weighted by Gasteiger charge is 2.28. The van der Waals surface area contributed by atoms with Crippen molar-refractivity contribution in [3.05, 3.63) is 35.9 Å². The van der Waals surface area contributed by atoms with Crippen molar-refractivity contribution in [2.45, 2.75) is 39.0 Å². The fraction of sp³-hybridized carbons (Fsp3) is 0.588. The van der Waals surface area contributed by atoms with Gasteiger partial charge in [-0.05, 0) is 25.3 Å². The van der Waals surface area contributed by atoms with E-state index in [0.717, 1.165) is 31.9 Å².